The molecule has 8 nitrogen and oxygen atoms in total. The van der Waals surface area contributed by atoms with Gasteiger partial charge >= 0.3 is 0 Å². The number of guanidine groups is 1. The van der Waals surface area contributed by atoms with Gasteiger partial charge in [-0.25, -0.2) is 0 Å². The van der Waals surface area contributed by atoms with E-state index in [4.69, 9.17) is 20.6 Å². The van der Waals surface area contributed by atoms with Crippen LogP contribution in [0.1, 0.15) is 40.3 Å². The molecule has 3 rings (SSSR count). The summed E-state index contributed by atoms with van der Waals surface area (Å²) in [5.74, 6) is 1.09. The van der Waals surface area contributed by atoms with Crippen molar-refractivity contribution < 1.29 is 13.9 Å². The molecular weight excluding hydrogens is 334 g/mol. The van der Waals surface area contributed by atoms with Gasteiger partial charge in [0.15, 0.2) is 5.76 Å². The summed E-state index contributed by atoms with van der Waals surface area (Å²) in [5, 5.41) is 10.7. The molecule has 8 heteroatoms. The van der Waals surface area contributed by atoms with Crippen LogP contribution in [0.15, 0.2) is 38.9 Å². The molecule has 1 aliphatic carbocycles. The molecule has 1 heterocycles. The summed E-state index contributed by atoms with van der Waals surface area (Å²) >= 11 is 0. The molecule has 5 N–H and O–H groups in total. The van der Waals surface area contributed by atoms with E-state index in [0.29, 0.717) is 11.4 Å². The van der Waals surface area contributed by atoms with Crippen LogP contribution < -0.4 is 21.5 Å². The number of anilines is 1. The van der Waals surface area contributed by atoms with Crippen molar-refractivity contribution in [3.63, 3.8) is 0 Å². The van der Waals surface area contributed by atoms with Gasteiger partial charge in [0.25, 0.3) is 5.91 Å². The summed E-state index contributed by atoms with van der Waals surface area (Å²) in [6, 6.07) is 7.19. The Morgan fingerprint density at radius 1 is 1.27 bits per heavy atom. The van der Waals surface area contributed by atoms with Crippen molar-refractivity contribution in [2.75, 3.05) is 12.4 Å². The fraction of sp³-hybridized carbons (Fsp3) is 0.278. The van der Waals surface area contributed by atoms with E-state index in [1.165, 1.54) is 0 Å². The molecule has 0 radical (unpaired) electrons. The van der Waals surface area contributed by atoms with Crippen molar-refractivity contribution in [3.05, 3.63) is 46.9 Å². The zero-order valence-electron chi connectivity index (χ0n) is 14.7. The molecular formula is C18H21N5O3. The van der Waals surface area contributed by atoms with Gasteiger partial charge in [0.1, 0.15) is 11.5 Å². The number of carbonyl (C=O) groups excluding carboxylic acids is 1. The molecule has 0 saturated heterocycles. The second-order valence-corrected chi connectivity index (χ2v) is 5.93. The maximum absolute atomic E-state index is 12.7. The largest absolute Gasteiger partial charge is 0.495 e. The minimum absolute atomic E-state index is 0.111. The van der Waals surface area contributed by atoms with Gasteiger partial charge < -0.3 is 25.9 Å². The fourth-order valence-electron chi connectivity index (χ4n) is 3.03. The average molecular weight is 355 g/mol. The minimum atomic E-state index is -0.345. The predicted octanol–water partition coefficient (Wildman–Crippen LogP) is 2.16. The monoisotopic (exact) mass is 355 g/mol. The zero-order valence-corrected chi connectivity index (χ0v) is 14.7. The lowest BCUT2D eigenvalue weighted by Gasteiger charge is -2.11. The number of benzene rings is 1. The number of nitrogens with one attached hydrogen (secondary N) is 1. The Hall–Kier alpha value is -3.29. The van der Waals surface area contributed by atoms with E-state index in [0.717, 1.165) is 41.9 Å². The molecule has 0 bridgehead atoms. The number of furan rings is 1. The Morgan fingerprint density at radius 3 is 2.77 bits per heavy atom. The van der Waals surface area contributed by atoms with E-state index in [-0.39, 0.29) is 17.6 Å². The number of aryl methyl sites for hydroxylation is 1. The first-order chi connectivity index (χ1) is 12.5. The van der Waals surface area contributed by atoms with Gasteiger partial charge in [-0.1, -0.05) is 12.1 Å². The van der Waals surface area contributed by atoms with Crippen LogP contribution >= 0.6 is 0 Å². The van der Waals surface area contributed by atoms with E-state index in [2.05, 4.69) is 15.5 Å². The van der Waals surface area contributed by atoms with Crippen LogP contribution in [0.2, 0.25) is 0 Å². The summed E-state index contributed by atoms with van der Waals surface area (Å²) in [5.41, 5.74) is 13.5. The molecule has 1 aromatic heterocycles. The number of hydrogen-bond donors (Lipinski definition) is 3. The van der Waals surface area contributed by atoms with E-state index >= 15 is 0 Å². The number of hydrogen-bond acceptors (Lipinski definition) is 5. The number of methoxy groups -OCH3 is 1. The summed E-state index contributed by atoms with van der Waals surface area (Å²) < 4.78 is 11.1. The predicted molar refractivity (Wildman–Crippen MR) is 99.7 cm³/mol. The van der Waals surface area contributed by atoms with Crippen molar-refractivity contribution in [2.45, 2.75) is 26.2 Å². The molecule has 0 spiro atoms. The maximum atomic E-state index is 12.7. The van der Waals surface area contributed by atoms with Crippen LogP contribution in [0, 0.1) is 6.92 Å². The zero-order chi connectivity index (χ0) is 18.7. The second kappa shape index (κ2) is 7.30. The van der Waals surface area contributed by atoms with Gasteiger partial charge in [0.05, 0.1) is 18.5 Å². The molecule has 2 aromatic rings. The smallest absolute Gasteiger partial charge is 0.291 e. The SMILES string of the molecule is COc1ccccc1NC(=O)c1oc2c(c1C)/C(=N/N=C(N)N)CCC2. The first kappa shape index (κ1) is 17.5. The Bertz CT molecular complexity index is 894. The highest BCUT2D eigenvalue weighted by atomic mass is 16.5. The van der Waals surface area contributed by atoms with Crippen LogP contribution in [-0.4, -0.2) is 24.7 Å². The van der Waals surface area contributed by atoms with E-state index in [9.17, 15) is 4.79 Å². The lowest BCUT2D eigenvalue weighted by Crippen LogP contribution is -2.22. The van der Waals surface area contributed by atoms with Crippen molar-refractivity contribution >= 4 is 23.3 Å². The van der Waals surface area contributed by atoms with Gasteiger partial charge in [-0.05, 0) is 31.9 Å². The van der Waals surface area contributed by atoms with Crippen LogP contribution in [0.3, 0.4) is 0 Å². The van der Waals surface area contributed by atoms with E-state index < -0.39 is 0 Å². The number of fused-ring (bicyclic) bond motifs is 1. The topological polar surface area (TPSA) is 128 Å². The third kappa shape index (κ3) is 3.39. The standard InChI is InChI=1S/C18H21N5O3/c1-10-15-12(22-23-18(19)20)7-5-9-14(15)26-16(10)17(24)21-11-6-3-4-8-13(11)25-2/h3-4,6,8H,5,7,9H2,1-2H3,(H,21,24)(H4,19,20,23)/b22-12+. The molecule has 0 unspecified atom stereocenters. The summed E-state index contributed by atoms with van der Waals surface area (Å²) in [6.45, 7) is 1.83. The molecule has 0 fully saturated rings. The number of rotatable bonds is 4. The molecule has 26 heavy (non-hydrogen) atoms. The highest BCUT2D eigenvalue weighted by Crippen LogP contribution is 2.31. The summed E-state index contributed by atoms with van der Waals surface area (Å²) in [6.07, 6.45) is 2.31. The van der Waals surface area contributed by atoms with Gasteiger partial charge in [0.2, 0.25) is 5.96 Å². The lowest BCUT2D eigenvalue weighted by molar-refractivity contribution is 0.0993. The Labute approximate surface area is 150 Å². The van der Waals surface area contributed by atoms with Gasteiger partial charge in [-0.3, -0.25) is 4.79 Å². The van der Waals surface area contributed by atoms with Crippen molar-refractivity contribution in [1.82, 2.24) is 0 Å². The first-order valence-electron chi connectivity index (χ1n) is 8.23. The van der Waals surface area contributed by atoms with E-state index in [1.807, 2.05) is 19.1 Å². The molecule has 1 aromatic carbocycles. The number of ether oxygens (including phenoxy) is 1. The van der Waals surface area contributed by atoms with Crippen molar-refractivity contribution in [2.24, 2.45) is 21.7 Å². The van der Waals surface area contributed by atoms with Crippen LogP contribution in [0.5, 0.6) is 5.75 Å². The Kier molecular flexibility index (Phi) is 4.92. The van der Waals surface area contributed by atoms with E-state index in [1.54, 1.807) is 19.2 Å². The van der Waals surface area contributed by atoms with Crippen LogP contribution in [-0.2, 0) is 6.42 Å². The maximum Gasteiger partial charge on any atom is 0.291 e. The Morgan fingerprint density at radius 2 is 2.04 bits per heavy atom. The van der Waals surface area contributed by atoms with Crippen molar-refractivity contribution in [1.29, 1.82) is 0 Å². The number of para-hydroxylation sites is 2. The normalized spacial score (nSPS) is 14.6. The third-order valence-electron chi connectivity index (χ3n) is 4.17. The minimum Gasteiger partial charge on any atom is -0.495 e. The quantitative estimate of drug-likeness (QED) is 0.440. The molecule has 1 aliphatic rings. The van der Waals surface area contributed by atoms with Gasteiger partial charge in [-0.15, -0.1) is 5.10 Å². The molecule has 1 amide bonds. The molecule has 0 saturated carbocycles. The van der Waals surface area contributed by atoms with Gasteiger partial charge in [-0.2, -0.15) is 5.10 Å². The van der Waals surface area contributed by atoms with Crippen LogP contribution in [0.4, 0.5) is 5.69 Å². The third-order valence-corrected chi connectivity index (χ3v) is 4.17. The number of amides is 1. The number of nitrogens with zero attached hydrogens (tertiary/aromatic N) is 2. The molecule has 136 valence electrons. The highest BCUT2D eigenvalue weighted by molar-refractivity contribution is 6.09. The molecule has 0 aliphatic heterocycles. The van der Waals surface area contributed by atoms with Gasteiger partial charge in [0, 0.05) is 17.5 Å². The summed E-state index contributed by atoms with van der Waals surface area (Å²) in [4.78, 5) is 12.7. The van der Waals surface area contributed by atoms with Crippen molar-refractivity contribution in [3.8, 4) is 5.75 Å². The number of carbonyl (C=O) groups is 1. The first-order valence-corrected chi connectivity index (χ1v) is 8.23. The fourth-order valence-corrected chi connectivity index (χ4v) is 3.03. The number of nitrogens with two attached hydrogens (primary N) is 2. The average Bonchev–Trinajstić information content (AvgIpc) is 2.98. The Balaban J connectivity index is 1.94. The van der Waals surface area contributed by atoms with Crippen LogP contribution in [0.25, 0.3) is 0 Å². The summed E-state index contributed by atoms with van der Waals surface area (Å²) in [7, 11) is 1.55. The second-order valence-electron chi connectivity index (χ2n) is 5.93. The molecule has 0 atom stereocenters. The lowest BCUT2D eigenvalue weighted by atomic mass is 9.93. The highest BCUT2D eigenvalue weighted by Gasteiger charge is 2.28.